The molecule has 10 heteroatoms. The van der Waals surface area contributed by atoms with Gasteiger partial charge in [-0.2, -0.15) is 8.42 Å². The van der Waals surface area contributed by atoms with Gasteiger partial charge in [0.15, 0.2) is 16.2 Å². The van der Waals surface area contributed by atoms with Crippen LogP contribution in [0.3, 0.4) is 0 Å². The second kappa shape index (κ2) is 7.87. The molecule has 0 aliphatic heterocycles. The fourth-order valence-electron chi connectivity index (χ4n) is 3.20. The molecule has 1 atom stereocenters. The van der Waals surface area contributed by atoms with Crippen LogP contribution in [-0.2, 0) is 14.9 Å². The van der Waals surface area contributed by atoms with Crippen LogP contribution >= 0.6 is 46.4 Å². The summed E-state index contributed by atoms with van der Waals surface area (Å²) in [5.41, 5.74) is -0.652. The summed E-state index contributed by atoms with van der Waals surface area (Å²) in [5.74, 6) is -1.48. The van der Waals surface area contributed by atoms with Crippen LogP contribution < -0.4 is 0 Å². The predicted octanol–water partition coefficient (Wildman–Crippen LogP) is 5.89. The summed E-state index contributed by atoms with van der Waals surface area (Å²) in [5, 5.41) is 20.8. The topological polar surface area (TPSA) is 94.8 Å². The third kappa shape index (κ3) is 3.65. The average molecular weight is 494 g/mol. The van der Waals surface area contributed by atoms with Crippen LogP contribution in [0.4, 0.5) is 0 Å². The third-order valence-electron chi connectivity index (χ3n) is 4.41. The van der Waals surface area contributed by atoms with Crippen LogP contribution in [0.1, 0.15) is 16.7 Å². The molecule has 3 N–H and O–H groups in total. The smallest absolute Gasteiger partial charge is 0.283 e. The Morgan fingerprint density at radius 2 is 1.34 bits per heavy atom. The first-order valence-corrected chi connectivity index (χ1v) is 10.8. The molecule has 0 radical (unpaired) electrons. The predicted molar refractivity (Wildman–Crippen MR) is 114 cm³/mol. The second-order valence-corrected chi connectivity index (χ2v) is 9.33. The van der Waals surface area contributed by atoms with Gasteiger partial charge in [-0.1, -0.05) is 64.6 Å². The summed E-state index contributed by atoms with van der Waals surface area (Å²) in [6.45, 7) is 0. The van der Waals surface area contributed by atoms with Gasteiger partial charge >= 0.3 is 0 Å². The van der Waals surface area contributed by atoms with Crippen molar-refractivity contribution in [1.29, 1.82) is 0 Å². The summed E-state index contributed by atoms with van der Waals surface area (Å²) in [6.07, 6.45) is 0. The molecule has 0 spiro atoms. The Bertz CT molecular complexity index is 1200. The van der Waals surface area contributed by atoms with E-state index in [2.05, 4.69) is 0 Å². The number of rotatable bonds is 4. The Morgan fingerprint density at radius 3 is 1.90 bits per heavy atom. The maximum absolute atomic E-state index is 13.0. The van der Waals surface area contributed by atoms with Crippen LogP contribution in [-0.4, -0.2) is 23.2 Å². The molecular formula is C19H12Cl4O5S. The van der Waals surface area contributed by atoms with E-state index >= 15 is 0 Å². The minimum absolute atomic E-state index is 0.0311. The number of phenols is 2. The van der Waals surface area contributed by atoms with Crippen molar-refractivity contribution in [2.75, 3.05) is 0 Å². The molecule has 3 rings (SSSR count). The molecule has 152 valence electrons. The van der Waals surface area contributed by atoms with Gasteiger partial charge in [-0.25, -0.2) is 0 Å². The van der Waals surface area contributed by atoms with Gasteiger partial charge in [0.1, 0.15) is 0 Å². The van der Waals surface area contributed by atoms with Gasteiger partial charge < -0.3 is 10.2 Å². The quantitative estimate of drug-likeness (QED) is 0.239. The standard InChI is InChI=1S/C19H12Cl4O5S/c20-11-3-1-10(2-4-11)19(29(26,27)28,13-6-5-12(21)9-15(13)23)17-14(22)7-8-16(24)18(17)25/h1-9,24-25H,(H,26,27,28). The zero-order valence-electron chi connectivity index (χ0n) is 14.3. The van der Waals surface area contributed by atoms with Crippen LogP contribution in [0, 0.1) is 0 Å². The Morgan fingerprint density at radius 1 is 0.759 bits per heavy atom. The third-order valence-corrected chi connectivity index (χ3v) is 6.95. The molecule has 0 aromatic heterocycles. The van der Waals surface area contributed by atoms with Crippen molar-refractivity contribution >= 4 is 56.5 Å². The highest BCUT2D eigenvalue weighted by Gasteiger charge is 2.52. The average Bonchev–Trinajstić information content (AvgIpc) is 2.63. The molecule has 0 saturated carbocycles. The van der Waals surface area contributed by atoms with Gasteiger partial charge in [-0.3, -0.25) is 4.55 Å². The van der Waals surface area contributed by atoms with Crippen molar-refractivity contribution in [3.63, 3.8) is 0 Å². The SMILES string of the molecule is O=S(=O)(O)C(c1ccc(Cl)cc1)(c1ccc(Cl)cc1Cl)c1c(Cl)ccc(O)c1O. The van der Waals surface area contributed by atoms with E-state index in [0.29, 0.717) is 5.02 Å². The number of halogens is 4. The van der Waals surface area contributed by atoms with Crippen LogP contribution in [0.2, 0.25) is 20.1 Å². The van der Waals surface area contributed by atoms with Crippen molar-refractivity contribution in [3.8, 4) is 11.5 Å². The number of aromatic hydroxyl groups is 2. The number of hydrogen-bond acceptors (Lipinski definition) is 4. The van der Waals surface area contributed by atoms with Crippen LogP contribution in [0.15, 0.2) is 54.6 Å². The largest absolute Gasteiger partial charge is 0.504 e. The first-order valence-electron chi connectivity index (χ1n) is 7.89. The second-order valence-electron chi connectivity index (χ2n) is 6.08. The molecule has 3 aromatic carbocycles. The molecule has 0 fully saturated rings. The fraction of sp³-hybridized carbons (Fsp3) is 0.0526. The fourth-order valence-corrected chi connectivity index (χ4v) is 5.64. The number of phenolic OH excluding ortho intramolecular Hbond substituents is 2. The monoisotopic (exact) mass is 492 g/mol. The number of benzene rings is 3. The lowest BCUT2D eigenvalue weighted by atomic mass is 9.83. The highest BCUT2D eigenvalue weighted by Crippen LogP contribution is 2.53. The molecule has 0 aliphatic rings. The summed E-state index contributed by atoms with van der Waals surface area (Å²) < 4.78 is 33.9. The van der Waals surface area contributed by atoms with E-state index < -0.39 is 31.9 Å². The molecule has 5 nitrogen and oxygen atoms in total. The molecule has 3 aromatic rings. The molecular weight excluding hydrogens is 482 g/mol. The highest BCUT2D eigenvalue weighted by molar-refractivity contribution is 7.87. The van der Waals surface area contributed by atoms with E-state index in [9.17, 15) is 23.2 Å². The van der Waals surface area contributed by atoms with Crippen molar-refractivity contribution in [2.24, 2.45) is 0 Å². The van der Waals surface area contributed by atoms with Crippen LogP contribution in [0.5, 0.6) is 11.5 Å². The maximum Gasteiger partial charge on any atom is 0.283 e. The van der Waals surface area contributed by atoms with E-state index in [1.807, 2.05) is 0 Å². The lowest BCUT2D eigenvalue weighted by Gasteiger charge is -2.34. The zero-order valence-corrected chi connectivity index (χ0v) is 18.1. The van der Waals surface area contributed by atoms with Gasteiger partial charge in [0.05, 0.1) is 5.02 Å². The molecule has 0 saturated heterocycles. The van der Waals surface area contributed by atoms with Crippen molar-refractivity contribution in [1.82, 2.24) is 0 Å². The molecule has 1 unspecified atom stereocenters. The molecule has 29 heavy (non-hydrogen) atoms. The Kier molecular flexibility index (Phi) is 5.98. The summed E-state index contributed by atoms with van der Waals surface area (Å²) >= 11 is 24.5. The molecule has 0 bridgehead atoms. The molecule has 0 heterocycles. The van der Waals surface area contributed by atoms with Crippen LogP contribution in [0.25, 0.3) is 0 Å². The van der Waals surface area contributed by atoms with E-state index in [1.54, 1.807) is 0 Å². The van der Waals surface area contributed by atoms with E-state index in [0.717, 1.165) is 6.07 Å². The Labute approximate surface area is 186 Å². The summed E-state index contributed by atoms with van der Waals surface area (Å²) in [6, 6.07) is 11.7. The zero-order chi connectivity index (χ0) is 21.6. The van der Waals surface area contributed by atoms with Crippen molar-refractivity contribution < 1.29 is 23.2 Å². The summed E-state index contributed by atoms with van der Waals surface area (Å²) in [4.78, 5) is 0. The number of hydrogen-bond donors (Lipinski definition) is 3. The van der Waals surface area contributed by atoms with E-state index in [1.165, 1.54) is 48.5 Å². The highest BCUT2D eigenvalue weighted by atomic mass is 35.5. The van der Waals surface area contributed by atoms with E-state index in [4.69, 9.17) is 46.4 Å². The molecule has 0 aliphatic carbocycles. The Balaban J connectivity index is 2.63. The van der Waals surface area contributed by atoms with Gasteiger partial charge in [0.2, 0.25) is 0 Å². The van der Waals surface area contributed by atoms with Crippen molar-refractivity contribution in [3.05, 3.63) is 91.4 Å². The normalized spacial score (nSPS) is 13.8. The molecule has 0 amide bonds. The van der Waals surface area contributed by atoms with Gasteiger partial charge in [-0.05, 0) is 42.0 Å². The van der Waals surface area contributed by atoms with E-state index in [-0.39, 0.29) is 26.2 Å². The van der Waals surface area contributed by atoms with Crippen molar-refractivity contribution in [2.45, 2.75) is 4.75 Å². The van der Waals surface area contributed by atoms with Gasteiger partial charge in [0, 0.05) is 26.2 Å². The lowest BCUT2D eigenvalue weighted by Crippen LogP contribution is -2.39. The Hall–Kier alpha value is -1.67. The minimum Gasteiger partial charge on any atom is -0.504 e. The lowest BCUT2D eigenvalue weighted by molar-refractivity contribution is 0.394. The first kappa shape index (κ1) is 22.0. The maximum atomic E-state index is 13.0. The van der Waals surface area contributed by atoms with Gasteiger partial charge in [0.25, 0.3) is 10.1 Å². The first-order chi connectivity index (χ1) is 13.5. The summed E-state index contributed by atoms with van der Waals surface area (Å²) in [7, 11) is -5.12. The van der Waals surface area contributed by atoms with Gasteiger partial charge in [-0.15, -0.1) is 0 Å². The minimum atomic E-state index is -5.12.